The van der Waals surface area contributed by atoms with Gasteiger partial charge in [-0.3, -0.25) is 0 Å². The van der Waals surface area contributed by atoms with Crippen molar-refractivity contribution < 1.29 is 13.2 Å². The van der Waals surface area contributed by atoms with E-state index in [1.807, 2.05) is 0 Å². The monoisotopic (exact) mass is 446 g/mol. The lowest BCUT2D eigenvalue weighted by molar-refractivity contribution is 0.0981. The minimum absolute atomic E-state index is 0.108. The van der Waals surface area contributed by atoms with E-state index in [2.05, 4.69) is 26.7 Å². The van der Waals surface area contributed by atoms with Gasteiger partial charge in [0, 0.05) is 49.7 Å². The van der Waals surface area contributed by atoms with E-state index in [-0.39, 0.29) is 18.0 Å². The zero-order chi connectivity index (χ0) is 21.8. The summed E-state index contributed by atoms with van der Waals surface area (Å²) in [6, 6.07) is 0.262. The van der Waals surface area contributed by atoms with Crippen LogP contribution in [0.15, 0.2) is 12.4 Å². The van der Waals surface area contributed by atoms with Gasteiger partial charge >= 0.3 is 0 Å². The van der Waals surface area contributed by atoms with E-state index in [4.69, 9.17) is 20.4 Å². The topological polar surface area (TPSA) is 131 Å². The van der Waals surface area contributed by atoms with E-state index in [1.165, 1.54) is 10.6 Å². The molecule has 1 atom stereocenters. The molecular formula is C19H26N8O3S. The van der Waals surface area contributed by atoms with Crippen LogP contribution in [0.5, 0.6) is 0 Å². The van der Waals surface area contributed by atoms with Crippen molar-refractivity contribution in [2.45, 2.75) is 25.4 Å². The molecule has 5 rings (SSSR count). The lowest BCUT2D eigenvalue weighted by atomic mass is 10.1. The Hall–Kier alpha value is -2.57. The van der Waals surface area contributed by atoms with Crippen molar-refractivity contribution >= 4 is 27.7 Å². The second-order valence-electron chi connectivity index (χ2n) is 8.30. The van der Waals surface area contributed by atoms with Crippen LogP contribution < -0.4 is 15.5 Å². The molecule has 166 valence electrons. The molecule has 2 N–H and O–H groups in total. The molecule has 11 nitrogen and oxygen atoms in total. The number of sulfonamides is 1. The van der Waals surface area contributed by atoms with Crippen molar-refractivity contribution in [2.24, 2.45) is 0 Å². The molecule has 2 saturated heterocycles. The average Bonchev–Trinajstić information content (AvgIpc) is 3.10. The average molecular weight is 447 g/mol. The van der Waals surface area contributed by atoms with E-state index >= 15 is 0 Å². The van der Waals surface area contributed by atoms with Gasteiger partial charge in [0.2, 0.25) is 21.9 Å². The number of hydrogen-bond donors (Lipinski definition) is 1. The number of nitrogen functional groups attached to an aromatic ring is 1. The third-order valence-electron chi connectivity index (χ3n) is 6.16. The summed E-state index contributed by atoms with van der Waals surface area (Å²) in [6.45, 7) is 5.78. The molecule has 0 amide bonds. The molecule has 3 aliphatic heterocycles. The number of nitrogens with two attached hydrogens (primary N) is 1. The number of fused-ring (bicyclic) bond motifs is 1. The van der Waals surface area contributed by atoms with Gasteiger partial charge in [-0.15, -0.1) is 0 Å². The van der Waals surface area contributed by atoms with Crippen molar-refractivity contribution in [3.63, 3.8) is 0 Å². The van der Waals surface area contributed by atoms with Crippen LogP contribution in [0.25, 0.3) is 11.3 Å². The standard InChI is InChI=1S/C19H26N8O3S/c1-12-11-30-6-5-26(12)19-23-16(13-7-21-18(20)22-8-13)15-3-4-27(17(15)24-19)14-9-25(10-14)31(2,28)29/h7-8,12,14H,3-6,9-11H2,1-2H3,(H2,20,21,22)/t12-/m0/s1. The van der Waals surface area contributed by atoms with E-state index in [1.54, 1.807) is 12.4 Å². The molecule has 0 aliphatic carbocycles. The second kappa shape index (κ2) is 7.53. The Morgan fingerprint density at radius 3 is 2.55 bits per heavy atom. The number of nitrogens with zero attached hydrogens (tertiary/aromatic N) is 7. The molecule has 0 bridgehead atoms. The number of hydrogen-bond acceptors (Lipinski definition) is 10. The van der Waals surface area contributed by atoms with E-state index in [0.717, 1.165) is 35.6 Å². The predicted octanol–water partition coefficient (Wildman–Crippen LogP) is -0.253. The first kappa shape index (κ1) is 20.3. The largest absolute Gasteiger partial charge is 0.377 e. The van der Waals surface area contributed by atoms with Crippen LogP contribution in [0.4, 0.5) is 17.7 Å². The Morgan fingerprint density at radius 2 is 1.87 bits per heavy atom. The van der Waals surface area contributed by atoms with Crippen molar-refractivity contribution in [3.8, 4) is 11.3 Å². The molecule has 0 radical (unpaired) electrons. The van der Waals surface area contributed by atoms with Crippen LogP contribution in [0.2, 0.25) is 0 Å². The number of rotatable bonds is 4. The molecule has 2 fully saturated rings. The Balaban J connectivity index is 1.54. The molecule has 0 unspecified atom stereocenters. The van der Waals surface area contributed by atoms with Gasteiger partial charge in [0.15, 0.2) is 0 Å². The quantitative estimate of drug-likeness (QED) is 0.670. The fraction of sp³-hybridized carbons (Fsp3) is 0.579. The van der Waals surface area contributed by atoms with Crippen molar-refractivity contribution in [3.05, 3.63) is 18.0 Å². The zero-order valence-corrected chi connectivity index (χ0v) is 18.4. The van der Waals surface area contributed by atoms with E-state index in [9.17, 15) is 8.42 Å². The summed E-state index contributed by atoms with van der Waals surface area (Å²) in [6.07, 6.45) is 5.41. The lowest BCUT2D eigenvalue weighted by Crippen LogP contribution is -2.60. The van der Waals surface area contributed by atoms with Crippen LogP contribution in [0.1, 0.15) is 12.5 Å². The summed E-state index contributed by atoms with van der Waals surface area (Å²) in [4.78, 5) is 22.5. The number of aromatic nitrogens is 4. The van der Waals surface area contributed by atoms with Gasteiger partial charge < -0.3 is 20.3 Å². The molecule has 31 heavy (non-hydrogen) atoms. The van der Waals surface area contributed by atoms with Gasteiger partial charge in [0.25, 0.3) is 0 Å². The molecule has 2 aromatic heterocycles. The third kappa shape index (κ3) is 3.68. The first-order valence-electron chi connectivity index (χ1n) is 10.4. The molecular weight excluding hydrogens is 420 g/mol. The minimum Gasteiger partial charge on any atom is -0.377 e. The highest BCUT2D eigenvalue weighted by Gasteiger charge is 2.41. The maximum atomic E-state index is 11.8. The third-order valence-corrected chi connectivity index (χ3v) is 7.39. The molecule has 0 saturated carbocycles. The van der Waals surface area contributed by atoms with Crippen molar-refractivity contribution in [1.29, 1.82) is 0 Å². The molecule has 12 heteroatoms. The Labute approximate surface area is 181 Å². The second-order valence-corrected chi connectivity index (χ2v) is 10.3. The maximum absolute atomic E-state index is 11.8. The van der Waals surface area contributed by atoms with Crippen molar-refractivity contribution in [2.75, 3.05) is 61.2 Å². The van der Waals surface area contributed by atoms with Crippen LogP contribution in [0, 0.1) is 0 Å². The van der Waals surface area contributed by atoms with Gasteiger partial charge in [-0.25, -0.2) is 23.4 Å². The van der Waals surface area contributed by atoms with Crippen LogP contribution in [-0.4, -0.2) is 90.4 Å². The Kier molecular flexibility index (Phi) is 4.94. The van der Waals surface area contributed by atoms with Crippen LogP contribution in [0.3, 0.4) is 0 Å². The zero-order valence-electron chi connectivity index (χ0n) is 17.6. The summed E-state index contributed by atoms with van der Waals surface area (Å²) >= 11 is 0. The fourth-order valence-corrected chi connectivity index (χ4v) is 5.24. The van der Waals surface area contributed by atoms with Gasteiger partial charge in [-0.05, 0) is 13.3 Å². The fourth-order valence-electron chi connectivity index (χ4n) is 4.36. The summed E-state index contributed by atoms with van der Waals surface area (Å²) in [5, 5.41) is 0. The minimum atomic E-state index is -3.17. The number of anilines is 3. The molecule has 0 spiro atoms. The number of ether oxygens (including phenoxy) is 1. The number of morpholine rings is 1. The Morgan fingerprint density at radius 1 is 1.13 bits per heavy atom. The van der Waals surface area contributed by atoms with E-state index in [0.29, 0.717) is 38.8 Å². The van der Waals surface area contributed by atoms with Crippen molar-refractivity contribution in [1.82, 2.24) is 24.2 Å². The van der Waals surface area contributed by atoms with Gasteiger partial charge in [-0.1, -0.05) is 0 Å². The first-order chi connectivity index (χ1) is 14.8. The smallest absolute Gasteiger partial charge is 0.228 e. The molecule has 0 aromatic carbocycles. The van der Waals surface area contributed by atoms with Gasteiger partial charge in [-0.2, -0.15) is 9.29 Å². The molecule has 3 aliphatic rings. The normalized spacial score (nSPS) is 22.5. The summed E-state index contributed by atoms with van der Waals surface area (Å²) in [7, 11) is -3.17. The Bertz CT molecular complexity index is 1090. The van der Waals surface area contributed by atoms with Gasteiger partial charge in [0.05, 0.1) is 37.2 Å². The highest BCUT2D eigenvalue weighted by Crippen LogP contribution is 2.38. The highest BCUT2D eigenvalue weighted by atomic mass is 32.2. The van der Waals surface area contributed by atoms with Crippen LogP contribution >= 0.6 is 0 Å². The van der Waals surface area contributed by atoms with Gasteiger partial charge in [0.1, 0.15) is 5.82 Å². The van der Waals surface area contributed by atoms with Crippen LogP contribution in [-0.2, 0) is 21.2 Å². The predicted molar refractivity (Wildman–Crippen MR) is 116 cm³/mol. The summed E-state index contributed by atoms with van der Waals surface area (Å²) < 4.78 is 30.7. The first-order valence-corrected chi connectivity index (χ1v) is 12.2. The molecule has 5 heterocycles. The van der Waals surface area contributed by atoms with E-state index < -0.39 is 10.0 Å². The SMILES string of the molecule is C[C@H]1COCCN1c1nc(-c2cnc(N)nc2)c2c(n1)N(C1CN(S(C)(=O)=O)C1)CC2. The lowest BCUT2D eigenvalue weighted by Gasteiger charge is -2.43. The summed E-state index contributed by atoms with van der Waals surface area (Å²) in [5.41, 5.74) is 8.32. The summed E-state index contributed by atoms with van der Waals surface area (Å²) in [5.74, 6) is 1.73. The molecule has 2 aromatic rings. The maximum Gasteiger partial charge on any atom is 0.228 e. The highest BCUT2D eigenvalue weighted by molar-refractivity contribution is 7.88.